The molecule has 104 valence electrons. The lowest BCUT2D eigenvalue weighted by atomic mass is 10.1. The number of amides is 1. The minimum Gasteiger partial charge on any atom is -0.481 e. The summed E-state index contributed by atoms with van der Waals surface area (Å²) in [5.41, 5.74) is -0.430. The molecular weight excluding hydrogens is 246 g/mol. The molecule has 0 aliphatic heterocycles. The third kappa shape index (κ3) is 2.77. The van der Waals surface area contributed by atoms with Crippen LogP contribution in [0.25, 0.3) is 0 Å². The fourth-order valence-electron chi connectivity index (χ4n) is 2.59. The van der Waals surface area contributed by atoms with Crippen molar-refractivity contribution >= 4 is 11.9 Å². The van der Waals surface area contributed by atoms with Gasteiger partial charge in [-0.25, -0.2) is 4.98 Å². The SMILES string of the molecule is CC1(C)[C@@H](C(=O)O)[C@@H]1C(=O)NCCCn1ccnc1. The Balaban J connectivity index is 1.72. The van der Waals surface area contributed by atoms with Crippen LogP contribution in [0.4, 0.5) is 0 Å². The molecule has 1 heterocycles. The third-order valence-corrected chi connectivity index (χ3v) is 3.83. The summed E-state index contributed by atoms with van der Waals surface area (Å²) in [6, 6.07) is 0. The van der Waals surface area contributed by atoms with Gasteiger partial charge in [0.15, 0.2) is 0 Å². The van der Waals surface area contributed by atoms with Crippen molar-refractivity contribution in [2.75, 3.05) is 6.54 Å². The Morgan fingerprint density at radius 1 is 1.42 bits per heavy atom. The standard InChI is InChI=1S/C13H19N3O3/c1-13(2)9(10(13)12(18)19)11(17)15-4-3-6-16-7-5-14-8-16/h5,7-10H,3-4,6H2,1-2H3,(H,15,17)(H,18,19)/t9-,10-/m1/s1. The first-order valence-corrected chi connectivity index (χ1v) is 6.41. The normalized spacial score (nSPS) is 23.9. The number of rotatable bonds is 6. The van der Waals surface area contributed by atoms with E-state index in [1.807, 2.05) is 24.6 Å². The van der Waals surface area contributed by atoms with Crippen molar-refractivity contribution in [2.24, 2.45) is 17.3 Å². The lowest BCUT2D eigenvalue weighted by molar-refractivity contribution is -0.140. The Hall–Kier alpha value is -1.85. The molecular formula is C13H19N3O3. The van der Waals surface area contributed by atoms with Crippen LogP contribution >= 0.6 is 0 Å². The zero-order valence-corrected chi connectivity index (χ0v) is 11.2. The molecule has 0 aromatic carbocycles. The van der Waals surface area contributed by atoms with Gasteiger partial charge in [-0.1, -0.05) is 13.8 Å². The quantitative estimate of drug-likeness (QED) is 0.743. The number of hydrogen-bond donors (Lipinski definition) is 2. The highest BCUT2D eigenvalue weighted by atomic mass is 16.4. The van der Waals surface area contributed by atoms with E-state index in [1.165, 1.54) is 0 Å². The molecule has 6 heteroatoms. The van der Waals surface area contributed by atoms with Gasteiger partial charge >= 0.3 is 5.97 Å². The molecule has 1 aliphatic carbocycles. The summed E-state index contributed by atoms with van der Waals surface area (Å²) in [5.74, 6) is -1.99. The van der Waals surface area contributed by atoms with Crippen molar-refractivity contribution in [3.63, 3.8) is 0 Å². The summed E-state index contributed by atoms with van der Waals surface area (Å²) < 4.78 is 1.94. The number of nitrogens with zero attached hydrogens (tertiary/aromatic N) is 2. The van der Waals surface area contributed by atoms with Crippen LogP contribution in [0.1, 0.15) is 20.3 Å². The van der Waals surface area contributed by atoms with Crippen LogP contribution in [-0.4, -0.2) is 33.1 Å². The molecule has 1 fully saturated rings. The minimum absolute atomic E-state index is 0.150. The fourth-order valence-corrected chi connectivity index (χ4v) is 2.59. The van der Waals surface area contributed by atoms with Crippen molar-refractivity contribution in [1.29, 1.82) is 0 Å². The topological polar surface area (TPSA) is 84.2 Å². The van der Waals surface area contributed by atoms with Crippen molar-refractivity contribution in [1.82, 2.24) is 14.9 Å². The van der Waals surface area contributed by atoms with E-state index in [-0.39, 0.29) is 5.91 Å². The van der Waals surface area contributed by atoms with Crippen LogP contribution in [0.2, 0.25) is 0 Å². The molecule has 6 nitrogen and oxygen atoms in total. The van der Waals surface area contributed by atoms with Gasteiger partial charge in [0, 0.05) is 25.5 Å². The van der Waals surface area contributed by atoms with Gasteiger partial charge in [-0.05, 0) is 11.8 Å². The molecule has 1 aromatic rings. The van der Waals surface area contributed by atoms with Crippen LogP contribution < -0.4 is 5.32 Å². The Bertz CT molecular complexity index is 467. The van der Waals surface area contributed by atoms with E-state index in [2.05, 4.69) is 10.3 Å². The summed E-state index contributed by atoms with van der Waals surface area (Å²) in [5, 5.41) is 11.8. The fraction of sp³-hybridized carbons (Fsp3) is 0.615. The van der Waals surface area contributed by atoms with Gasteiger partial charge in [0.2, 0.25) is 5.91 Å². The maximum Gasteiger partial charge on any atom is 0.307 e. The second-order valence-corrected chi connectivity index (χ2v) is 5.56. The number of carbonyl (C=O) groups excluding carboxylic acids is 1. The van der Waals surface area contributed by atoms with Gasteiger partial charge < -0.3 is 15.0 Å². The Morgan fingerprint density at radius 2 is 2.16 bits per heavy atom. The summed E-state index contributed by atoms with van der Waals surface area (Å²) in [6.45, 7) is 4.98. The maximum absolute atomic E-state index is 11.9. The predicted molar refractivity (Wildman–Crippen MR) is 68.3 cm³/mol. The number of nitrogens with one attached hydrogen (secondary N) is 1. The zero-order valence-electron chi connectivity index (χ0n) is 11.2. The summed E-state index contributed by atoms with van der Waals surface area (Å²) in [4.78, 5) is 26.8. The van der Waals surface area contributed by atoms with E-state index in [9.17, 15) is 9.59 Å². The third-order valence-electron chi connectivity index (χ3n) is 3.83. The predicted octanol–water partition coefficient (Wildman–Crippen LogP) is 0.746. The highest BCUT2D eigenvalue weighted by Crippen LogP contribution is 2.58. The lowest BCUT2D eigenvalue weighted by Crippen LogP contribution is -2.28. The number of aromatic nitrogens is 2. The Kier molecular flexibility index (Phi) is 3.59. The molecule has 0 unspecified atom stereocenters. The van der Waals surface area contributed by atoms with Crippen molar-refractivity contribution in [2.45, 2.75) is 26.8 Å². The van der Waals surface area contributed by atoms with Crippen LogP contribution in [0.15, 0.2) is 18.7 Å². The van der Waals surface area contributed by atoms with Gasteiger partial charge in [0.05, 0.1) is 18.2 Å². The van der Waals surface area contributed by atoms with E-state index in [4.69, 9.17) is 5.11 Å². The molecule has 0 bridgehead atoms. The number of carboxylic acids is 1. The van der Waals surface area contributed by atoms with E-state index in [0.29, 0.717) is 6.54 Å². The maximum atomic E-state index is 11.9. The summed E-state index contributed by atoms with van der Waals surface area (Å²) >= 11 is 0. The highest BCUT2D eigenvalue weighted by Gasteiger charge is 2.65. The van der Waals surface area contributed by atoms with Crippen molar-refractivity contribution in [3.05, 3.63) is 18.7 Å². The van der Waals surface area contributed by atoms with E-state index in [0.717, 1.165) is 13.0 Å². The van der Waals surface area contributed by atoms with Gasteiger partial charge in [-0.3, -0.25) is 9.59 Å². The molecule has 0 radical (unpaired) electrons. The number of hydrogen-bond acceptors (Lipinski definition) is 3. The zero-order chi connectivity index (χ0) is 14.0. The van der Waals surface area contributed by atoms with Crippen LogP contribution in [-0.2, 0) is 16.1 Å². The summed E-state index contributed by atoms with van der Waals surface area (Å²) in [7, 11) is 0. The molecule has 1 saturated carbocycles. The van der Waals surface area contributed by atoms with Gasteiger partial charge in [0.1, 0.15) is 0 Å². The molecule has 0 spiro atoms. The number of aryl methyl sites for hydroxylation is 1. The largest absolute Gasteiger partial charge is 0.481 e. The lowest BCUT2D eigenvalue weighted by Gasteiger charge is -2.06. The first-order chi connectivity index (χ1) is 8.94. The monoisotopic (exact) mass is 265 g/mol. The number of carbonyl (C=O) groups is 2. The first-order valence-electron chi connectivity index (χ1n) is 6.41. The molecule has 0 saturated heterocycles. The van der Waals surface area contributed by atoms with Crippen molar-refractivity contribution < 1.29 is 14.7 Å². The molecule has 2 N–H and O–H groups in total. The van der Waals surface area contributed by atoms with Crippen LogP contribution in [0, 0.1) is 17.3 Å². The van der Waals surface area contributed by atoms with E-state index >= 15 is 0 Å². The van der Waals surface area contributed by atoms with E-state index < -0.39 is 23.2 Å². The molecule has 1 amide bonds. The number of carboxylic acid groups (broad SMARTS) is 1. The van der Waals surface area contributed by atoms with Crippen LogP contribution in [0.5, 0.6) is 0 Å². The smallest absolute Gasteiger partial charge is 0.307 e. The molecule has 1 aromatic heterocycles. The average Bonchev–Trinajstić information content (AvgIpc) is 2.73. The average molecular weight is 265 g/mol. The number of imidazole rings is 1. The Morgan fingerprint density at radius 3 is 2.68 bits per heavy atom. The molecule has 1 aliphatic rings. The van der Waals surface area contributed by atoms with E-state index in [1.54, 1.807) is 12.5 Å². The second kappa shape index (κ2) is 5.03. The first kappa shape index (κ1) is 13.6. The second-order valence-electron chi connectivity index (χ2n) is 5.56. The van der Waals surface area contributed by atoms with Gasteiger partial charge in [0.25, 0.3) is 0 Å². The Labute approximate surface area is 111 Å². The van der Waals surface area contributed by atoms with Gasteiger partial charge in [-0.2, -0.15) is 0 Å². The molecule has 19 heavy (non-hydrogen) atoms. The van der Waals surface area contributed by atoms with Crippen LogP contribution in [0.3, 0.4) is 0 Å². The molecule has 2 rings (SSSR count). The summed E-state index contributed by atoms with van der Waals surface area (Å²) in [6.07, 6.45) is 6.11. The highest BCUT2D eigenvalue weighted by molar-refractivity contribution is 5.91. The van der Waals surface area contributed by atoms with Gasteiger partial charge in [-0.15, -0.1) is 0 Å². The number of aliphatic carboxylic acids is 1. The van der Waals surface area contributed by atoms with Crippen molar-refractivity contribution in [3.8, 4) is 0 Å². The minimum atomic E-state index is -0.886. The molecule has 2 atom stereocenters.